The predicted molar refractivity (Wildman–Crippen MR) is 73.8 cm³/mol. The number of nitrogens with zero attached hydrogens (tertiary/aromatic N) is 1. The average Bonchev–Trinajstić information content (AvgIpc) is 2.74. The fraction of sp³-hybridized carbons (Fsp3) is 0.167. The van der Waals surface area contributed by atoms with Gasteiger partial charge < -0.3 is 5.43 Å². The summed E-state index contributed by atoms with van der Waals surface area (Å²) >= 11 is 1.43. The molecule has 1 aromatic carbocycles. The fourth-order valence-electron chi connectivity index (χ4n) is 1.55. The van der Waals surface area contributed by atoms with Gasteiger partial charge in [0.1, 0.15) is 0 Å². The van der Waals surface area contributed by atoms with Crippen LogP contribution in [0.25, 0.3) is 0 Å². The van der Waals surface area contributed by atoms with Gasteiger partial charge in [-0.1, -0.05) is 6.07 Å². The number of benzene rings is 1. The number of carbonyl (C=O) groups excluding carboxylic acids is 1. The van der Waals surface area contributed by atoms with Crippen LogP contribution in [0.2, 0.25) is 0 Å². The molecule has 0 aliphatic carbocycles. The molecule has 0 fully saturated rings. The van der Waals surface area contributed by atoms with Gasteiger partial charge in [0.2, 0.25) is 0 Å². The number of hydrogen-bond donors (Lipinski definition) is 3. The number of thiazole rings is 1. The van der Waals surface area contributed by atoms with Gasteiger partial charge in [0.25, 0.3) is 5.91 Å². The van der Waals surface area contributed by atoms with Crippen LogP contribution in [-0.2, 0) is 0 Å². The summed E-state index contributed by atoms with van der Waals surface area (Å²) in [6, 6.07) is 5.42. The highest BCUT2D eigenvalue weighted by Gasteiger charge is 2.12. The number of nitrogens with two attached hydrogens (primary N) is 1. The summed E-state index contributed by atoms with van der Waals surface area (Å²) in [5, 5.41) is 3.33. The van der Waals surface area contributed by atoms with Crippen LogP contribution >= 0.6 is 11.3 Å². The zero-order valence-corrected chi connectivity index (χ0v) is 11.0. The van der Waals surface area contributed by atoms with E-state index in [9.17, 15) is 4.79 Å². The lowest BCUT2D eigenvalue weighted by Crippen LogP contribution is -2.17. The molecule has 0 aliphatic heterocycles. The van der Waals surface area contributed by atoms with Gasteiger partial charge in [-0.05, 0) is 31.5 Å². The van der Waals surface area contributed by atoms with Crippen LogP contribution < -0.4 is 16.6 Å². The second-order valence-corrected chi connectivity index (χ2v) is 5.16. The summed E-state index contributed by atoms with van der Waals surface area (Å²) in [6.07, 6.45) is 1.72. The molecule has 2 aromatic rings. The van der Waals surface area contributed by atoms with E-state index in [4.69, 9.17) is 5.84 Å². The minimum Gasteiger partial charge on any atom is -0.323 e. The zero-order chi connectivity index (χ0) is 13.1. The Labute approximate surface area is 109 Å². The number of aryl methyl sites for hydroxylation is 2. The van der Waals surface area contributed by atoms with E-state index >= 15 is 0 Å². The van der Waals surface area contributed by atoms with Gasteiger partial charge in [0, 0.05) is 11.1 Å². The maximum Gasteiger partial charge on any atom is 0.259 e. The van der Waals surface area contributed by atoms with Crippen molar-refractivity contribution in [1.82, 2.24) is 4.98 Å². The molecule has 4 N–H and O–H groups in total. The second-order valence-electron chi connectivity index (χ2n) is 3.92. The summed E-state index contributed by atoms with van der Waals surface area (Å²) < 4.78 is 0. The van der Waals surface area contributed by atoms with Crippen molar-refractivity contribution >= 4 is 28.1 Å². The highest BCUT2D eigenvalue weighted by molar-refractivity contribution is 7.15. The Kier molecular flexibility index (Phi) is 3.59. The standard InChI is InChI=1S/C12H14N4OS/c1-7-3-4-9(10(5-7)16-13)11(17)15-12-14-6-8(2)18-12/h3-6,16H,13H2,1-2H3,(H,14,15,17). The Morgan fingerprint density at radius 2 is 2.17 bits per heavy atom. The third kappa shape index (κ3) is 2.66. The van der Waals surface area contributed by atoms with E-state index in [0.29, 0.717) is 16.4 Å². The SMILES string of the molecule is Cc1ccc(C(=O)Nc2ncc(C)s2)c(NN)c1. The lowest BCUT2D eigenvalue weighted by molar-refractivity contribution is 0.102. The van der Waals surface area contributed by atoms with Crippen molar-refractivity contribution in [1.29, 1.82) is 0 Å². The minimum atomic E-state index is -0.225. The number of anilines is 2. The Bertz CT molecular complexity index is 579. The summed E-state index contributed by atoms with van der Waals surface area (Å²) in [5.74, 6) is 5.19. The van der Waals surface area contributed by atoms with E-state index in [-0.39, 0.29) is 5.91 Å². The molecule has 0 radical (unpaired) electrons. The van der Waals surface area contributed by atoms with Gasteiger partial charge in [-0.15, -0.1) is 11.3 Å². The molecule has 6 heteroatoms. The number of nitrogens with one attached hydrogen (secondary N) is 2. The molecule has 0 saturated heterocycles. The number of amides is 1. The molecule has 0 saturated carbocycles. The van der Waals surface area contributed by atoms with Gasteiger partial charge in [0.15, 0.2) is 5.13 Å². The molecule has 0 unspecified atom stereocenters. The number of aromatic nitrogens is 1. The Morgan fingerprint density at radius 3 is 2.78 bits per heavy atom. The quantitative estimate of drug-likeness (QED) is 0.585. The van der Waals surface area contributed by atoms with Crippen LogP contribution in [0.3, 0.4) is 0 Å². The van der Waals surface area contributed by atoms with E-state index in [2.05, 4.69) is 15.7 Å². The number of hydrazine groups is 1. The van der Waals surface area contributed by atoms with Gasteiger partial charge >= 0.3 is 0 Å². The van der Waals surface area contributed by atoms with Crippen molar-refractivity contribution in [3.63, 3.8) is 0 Å². The van der Waals surface area contributed by atoms with Crippen LogP contribution in [0.4, 0.5) is 10.8 Å². The number of carbonyl (C=O) groups is 1. The smallest absolute Gasteiger partial charge is 0.259 e. The van der Waals surface area contributed by atoms with Gasteiger partial charge in [-0.2, -0.15) is 0 Å². The lowest BCUT2D eigenvalue weighted by atomic mass is 10.1. The zero-order valence-electron chi connectivity index (χ0n) is 10.2. The van der Waals surface area contributed by atoms with Crippen LogP contribution in [0, 0.1) is 13.8 Å². The predicted octanol–water partition coefficient (Wildman–Crippen LogP) is 2.30. The first-order valence-electron chi connectivity index (χ1n) is 5.41. The van der Waals surface area contributed by atoms with Crippen molar-refractivity contribution in [3.8, 4) is 0 Å². The molecule has 5 nitrogen and oxygen atoms in total. The van der Waals surface area contributed by atoms with Crippen LogP contribution in [-0.4, -0.2) is 10.9 Å². The molecule has 0 bridgehead atoms. The molecular weight excluding hydrogens is 248 g/mol. The fourth-order valence-corrected chi connectivity index (χ4v) is 2.21. The van der Waals surface area contributed by atoms with E-state index in [0.717, 1.165) is 10.4 Å². The van der Waals surface area contributed by atoms with Crippen LogP contribution in [0.15, 0.2) is 24.4 Å². The van der Waals surface area contributed by atoms with Crippen molar-refractivity contribution in [3.05, 3.63) is 40.4 Å². The van der Waals surface area contributed by atoms with Gasteiger partial charge in [-0.3, -0.25) is 16.0 Å². The summed E-state index contributed by atoms with van der Waals surface area (Å²) in [5.41, 5.74) is 4.66. The van der Waals surface area contributed by atoms with Gasteiger partial charge in [-0.25, -0.2) is 4.98 Å². The summed E-state index contributed by atoms with van der Waals surface area (Å²) in [4.78, 5) is 17.2. The molecule has 0 aliphatic rings. The van der Waals surface area contributed by atoms with E-state index in [1.165, 1.54) is 11.3 Å². The largest absolute Gasteiger partial charge is 0.323 e. The van der Waals surface area contributed by atoms with Gasteiger partial charge in [0.05, 0.1) is 11.3 Å². The molecule has 0 atom stereocenters. The summed E-state index contributed by atoms with van der Waals surface area (Å²) in [6.45, 7) is 3.87. The van der Waals surface area contributed by atoms with E-state index < -0.39 is 0 Å². The third-order valence-electron chi connectivity index (χ3n) is 2.42. The van der Waals surface area contributed by atoms with E-state index in [1.54, 1.807) is 12.3 Å². The Morgan fingerprint density at radius 1 is 1.39 bits per heavy atom. The maximum absolute atomic E-state index is 12.1. The highest BCUT2D eigenvalue weighted by atomic mass is 32.1. The first-order chi connectivity index (χ1) is 8.60. The van der Waals surface area contributed by atoms with Crippen molar-refractivity contribution < 1.29 is 4.79 Å². The number of rotatable bonds is 3. The molecule has 94 valence electrons. The van der Waals surface area contributed by atoms with Crippen LogP contribution in [0.5, 0.6) is 0 Å². The van der Waals surface area contributed by atoms with Crippen molar-refractivity contribution in [2.45, 2.75) is 13.8 Å². The first-order valence-corrected chi connectivity index (χ1v) is 6.23. The first kappa shape index (κ1) is 12.5. The highest BCUT2D eigenvalue weighted by Crippen LogP contribution is 2.21. The Hall–Kier alpha value is -1.92. The topological polar surface area (TPSA) is 80.0 Å². The second kappa shape index (κ2) is 5.16. The molecule has 1 heterocycles. The van der Waals surface area contributed by atoms with Crippen LogP contribution in [0.1, 0.15) is 20.8 Å². The Balaban J connectivity index is 2.23. The molecule has 1 aromatic heterocycles. The molecular formula is C12H14N4OS. The average molecular weight is 262 g/mol. The maximum atomic E-state index is 12.1. The monoisotopic (exact) mass is 262 g/mol. The molecule has 0 spiro atoms. The van der Waals surface area contributed by atoms with E-state index in [1.807, 2.05) is 26.0 Å². The molecule has 1 amide bonds. The number of hydrogen-bond acceptors (Lipinski definition) is 5. The number of nitrogen functional groups attached to an aromatic ring is 1. The van der Waals surface area contributed by atoms with Crippen molar-refractivity contribution in [2.24, 2.45) is 5.84 Å². The molecule has 2 rings (SSSR count). The summed E-state index contributed by atoms with van der Waals surface area (Å²) in [7, 11) is 0. The normalized spacial score (nSPS) is 10.2. The third-order valence-corrected chi connectivity index (χ3v) is 3.25. The molecule has 18 heavy (non-hydrogen) atoms. The lowest BCUT2D eigenvalue weighted by Gasteiger charge is -2.09. The minimum absolute atomic E-state index is 0.225. The van der Waals surface area contributed by atoms with Crippen molar-refractivity contribution in [2.75, 3.05) is 10.7 Å².